The first-order valence-electron chi connectivity index (χ1n) is 9.28. The van der Waals surface area contributed by atoms with Gasteiger partial charge < -0.3 is 15.5 Å². The molecule has 1 fully saturated rings. The average molecular weight is 359 g/mol. The standard InChI is InChI=1S/C20H29N3O3/c1-13(2)15-7-9-16(10-8-15)21-19(25)20(26)23-11-5-6-17(12-23)22-18(24)14(3)4/h7-10,13-14,17H,5-6,11-12H2,1-4H3,(H,21,25)(H,22,24). The van der Waals surface area contributed by atoms with Crippen molar-refractivity contribution in [3.63, 3.8) is 0 Å². The maximum atomic E-state index is 12.4. The predicted octanol–water partition coefficient (Wildman–Crippen LogP) is 2.51. The Kier molecular flexibility index (Phi) is 6.77. The highest BCUT2D eigenvalue weighted by atomic mass is 16.2. The lowest BCUT2D eigenvalue weighted by Crippen LogP contribution is -2.52. The molecule has 0 saturated carbocycles. The van der Waals surface area contributed by atoms with E-state index in [2.05, 4.69) is 24.5 Å². The van der Waals surface area contributed by atoms with Gasteiger partial charge >= 0.3 is 11.8 Å². The third kappa shape index (κ3) is 5.31. The zero-order chi connectivity index (χ0) is 19.3. The Bertz CT molecular complexity index is 653. The van der Waals surface area contributed by atoms with Crippen LogP contribution in [0.2, 0.25) is 0 Å². The molecule has 6 nitrogen and oxygen atoms in total. The average Bonchev–Trinajstić information content (AvgIpc) is 2.61. The molecule has 2 rings (SSSR count). The molecule has 1 unspecified atom stereocenters. The molecule has 6 heteroatoms. The number of likely N-dealkylation sites (tertiary alicyclic amines) is 1. The largest absolute Gasteiger partial charge is 0.351 e. The van der Waals surface area contributed by atoms with E-state index in [9.17, 15) is 14.4 Å². The molecule has 0 spiro atoms. The Morgan fingerprint density at radius 1 is 1.08 bits per heavy atom. The van der Waals surface area contributed by atoms with Crippen LogP contribution >= 0.6 is 0 Å². The van der Waals surface area contributed by atoms with Crippen molar-refractivity contribution in [2.75, 3.05) is 18.4 Å². The summed E-state index contributed by atoms with van der Waals surface area (Å²) in [6, 6.07) is 7.41. The van der Waals surface area contributed by atoms with Crippen LogP contribution in [0, 0.1) is 5.92 Å². The molecule has 1 aromatic rings. The van der Waals surface area contributed by atoms with Gasteiger partial charge in [-0.2, -0.15) is 0 Å². The number of rotatable bonds is 4. The highest BCUT2D eigenvalue weighted by Crippen LogP contribution is 2.17. The molecule has 1 heterocycles. The summed E-state index contributed by atoms with van der Waals surface area (Å²) in [4.78, 5) is 38.1. The highest BCUT2D eigenvalue weighted by molar-refractivity contribution is 6.39. The quantitative estimate of drug-likeness (QED) is 0.811. The number of nitrogens with one attached hydrogen (secondary N) is 2. The molecule has 1 aromatic carbocycles. The summed E-state index contributed by atoms with van der Waals surface area (Å²) >= 11 is 0. The van der Waals surface area contributed by atoms with Gasteiger partial charge in [0.15, 0.2) is 0 Å². The minimum Gasteiger partial charge on any atom is -0.351 e. The van der Waals surface area contributed by atoms with E-state index in [0.717, 1.165) is 12.8 Å². The van der Waals surface area contributed by atoms with Gasteiger partial charge in [0.05, 0.1) is 0 Å². The van der Waals surface area contributed by atoms with E-state index in [-0.39, 0.29) is 17.9 Å². The molecule has 142 valence electrons. The first-order valence-corrected chi connectivity index (χ1v) is 9.28. The van der Waals surface area contributed by atoms with E-state index in [4.69, 9.17) is 0 Å². The van der Waals surface area contributed by atoms with Crippen LogP contribution in [-0.2, 0) is 14.4 Å². The topological polar surface area (TPSA) is 78.5 Å². The van der Waals surface area contributed by atoms with Gasteiger partial charge in [-0.1, -0.05) is 39.8 Å². The van der Waals surface area contributed by atoms with Crippen LogP contribution in [-0.4, -0.2) is 41.8 Å². The normalized spacial score (nSPS) is 17.3. The lowest BCUT2D eigenvalue weighted by molar-refractivity contribution is -0.144. The van der Waals surface area contributed by atoms with Gasteiger partial charge in [0.25, 0.3) is 0 Å². The summed E-state index contributed by atoms with van der Waals surface area (Å²) in [5.41, 5.74) is 1.78. The summed E-state index contributed by atoms with van der Waals surface area (Å²) in [5, 5.41) is 5.61. The Morgan fingerprint density at radius 2 is 1.73 bits per heavy atom. The Morgan fingerprint density at radius 3 is 2.31 bits per heavy atom. The van der Waals surface area contributed by atoms with Crippen LogP contribution in [0.15, 0.2) is 24.3 Å². The fraction of sp³-hybridized carbons (Fsp3) is 0.550. The summed E-state index contributed by atoms with van der Waals surface area (Å²) in [7, 11) is 0. The van der Waals surface area contributed by atoms with Crippen molar-refractivity contribution in [1.82, 2.24) is 10.2 Å². The van der Waals surface area contributed by atoms with Crippen LogP contribution in [0.5, 0.6) is 0 Å². The Balaban J connectivity index is 1.92. The van der Waals surface area contributed by atoms with E-state index < -0.39 is 11.8 Å². The molecule has 2 N–H and O–H groups in total. The van der Waals surface area contributed by atoms with Gasteiger partial charge in [0.1, 0.15) is 0 Å². The van der Waals surface area contributed by atoms with Crippen LogP contribution in [0.25, 0.3) is 0 Å². The first-order chi connectivity index (χ1) is 12.3. The summed E-state index contributed by atoms with van der Waals surface area (Å²) in [6.07, 6.45) is 1.59. The monoisotopic (exact) mass is 359 g/mol. The number of anilines is 1. The van der Waals surface area contributed by atoms with Crippen LogP contribution in [0.1, 0.15) is 52.0 Å². The lowest BCUT2D eigenvalue weighted by atomic mass is 10.0. The summed E-state index contributed by atoms with van der Waals surface area (Å²) < 4.78 is 0. The minimum atomic E-state index is -0.641. The zero-order valence-corrected chi connectivity index (χ0v) is 16.0. The van der Waals surface area contributed by atoms with Crippen molar-refractivity contribution in [2.45, 2.75) is 52.5 Å². The van der Waals surface area contributed by atoms with E-state index in [0.29, 0.717) is 24.7 Å². The van der Waals surface area contributed by atoms with E-state index in [1.165, 1.54) is 10.5 Å². The Labute approximate surface area is 155 Å². The summed E-state index contributed by atoms with van der Waals surface area (Å²) in [6.45, 7) is 8.77. The second-order valence-electron chi connectivity index (χ2n) is 7.48. The minimum absolute atomic E-state index is 0.0287. The fourth-order valence-electron chi connectivity index (χ4n) is 2.93. The maximum Gasteiger partial charge on any atom is 0.313 e. The molecule has 0 aromatic heterocycles. The second kappa shape index (κ2) is 8.83. The number of piperidine rings is 1. The Hall–Kier alpha value is -2.37. The summed E-state index contributed by atoms with van der Waals surface area (Å²) in [5.74, 6) is -0.913. The van der Waals surface area contributed by atoms with Crippen molar-refractivity contribution in [3.8, 4) is 0 Å². The van der Waals surface area contributed by atoms with Gasteiger partial charge in [-0.05, 0) is 36.5 Å². The van der Waals surface area contributed by atoms with Crippen LogP contribution in [0.3, 0.4) is 0 Å². The molecule has 1 saturated heterocycles. The van der Waals surface area contributed by atoms with Gasteiger partial charge in [0, 0.05) is 30.7 Å². The van der Waals surface area contributed by atoms with Crippen LogP contribution < -0.4 is 10.6 Å². The SMILES string of the molecule is CC(C)C(=O)NC1CCCN(C(=O)C(=O)Nc2ccc(C(C)C)cc2)C1. The number of amides is 3. The number of carbonyl (C=O) groups is 3. The molecular formula is C20H29N3O3. The second-order valence-corrected chi connectivity index (χ2v) is 7.48. The van der Waals surface area contributed by atoms with Gasteiger partial charge in [0.2, 0.25) is 5.91 Å². The van der Waals surface area contributed by atoms with Crippen LogP contribution in [0.4, 0.5) is 5.69 Å². The maximum absolute atomic E-state index is 12.4. The molecule has 0 aliphatic carbocycles. The smallest absolute Gasteiger partial charge is 0.313 e. The van der Waals surface area contributed by atoms with Gasteiger partial charge in [-0.15, -0.1) is 0 Å². The van der Waals surface area contributed by atoms with E-state index in [1.807, 2.05) is 38.1 Å². The highest BCUT2D eigenvalue weighted by Gasteiger charge is 2.29. The zero-order valence-electron chi connectivity index (χ0n) is 16.0. The fourth-order valence-corrected chi connectivity index (χ4v) is 2.93. The number of hydrogen-bond donors (Lipinski definition) is 2. The number of carbonyl (C=O) groups excluding carboxylic acids is 3. The molecule has 1 aliphatic rings. The molecular weight excluding hydrogens is 330 g/mol. The van der Waals surface area contributed by atoms with Crippen molar-refractivity contribution in [1.29, 1.82) is 0 Å². The molecule has 3 amide bonds. The van der Waals surface area contributed by atoms with Gasteiger partial charge in [-0.3, -0.25) is 14.4 Å². The third-order valence-electron chi connectivity index (χ3n) is 4.61. The number of benzene rings is 1. The number of nitrogens with zero attached hydrogens (tertiary/aromatic N) is 1. The number of hydrogen-bond acceptors (Lipinski definition) is 3. The molecule has 0 radical (unpaired) electrons. The predicted molar refractivity (Wildman–Crippen MR) is 102 cm³/mol. The molecule has 1 aliphatic heterocycles. The van der Waals surface area contributed by atoms with Crippen molar-refractivity contribution >= 4 is 23.4 Å². The van der Waals surface area contributed by atoms with Crippen molar-refractivity contribution in [3.05, 3.63) is 29.8 Å². The lowest BCUT2D eigenvalue weighted by Gasteiger charge is -2.33. The third-order valence-corrected chi connectivity index (χ3v) is 4.61. The van der Waals surface area contributed by atoms with E-state index >= 15 is 0 Å². The first kappa shape index (κ1) is 19.9. The van der Waals surface area contributed by atoms with Gasteiger partial charge in [-0.25, -0.2) is 0 Å². The van der Waals surface area contributed by atoms with Crippen molar-refractivity contribution < 1.29 is 14.4 Å². The molecule has 26 heavy (non-hydrogen) atoms. The van der Waals surface area contributed by atoms with E-state index in [1.54, 1.807) is 0 Å². The molecule has 1 atom stereocenters. The molecule has 0 bridgehead atoms. The van der Waals surface area contributed by atoms with Crippen molar-refractivity contribution in [2.24, 2.45) is 5.92 Å².